The summed E-state index contributed by atoms with van der Waals surface area (Å²) >= 11 is 4.61. The summed E-state index contributed by atoms with van der Waals surface area (Å²) in [6.07, 6.45) is 0. The van der Waals surface area contributed by atoms with Gasteiger partial charge in [-0.1, -0.05) is 11.6 Å². The number of hydrogen-bond donors (Lipinski definition) is 0. The molecule has 8 heavy (non-hydrogen) atoms. The van der Waals surface area contributed by atoms with Crippen LogP contribution in [0.3, 0.4) is 0 Å². The molecule has 0 radical (unpaired) electrons. The lowest BCUT2D eigenvalue weighted by atomic mass is 10.9. The van der Waals surface area contributed by atoms with E-state index < -0.39 is 19.0 Å². The quantitative estimate of drug-likeness (QED) is 0.501. The van der Waals surface area contributed by atoms with Crippen LogP contribution in [-0.4, -0.2) is 19.0 Å². The summed E-state index contributed by atoms with van der Waals surface area (Å²) in [5.74, 6) is 0. The third-order valence-electron chi connectivity index (χ3n) is 0.0714. The van der Waals surface area contributed by atoms with Gasteiger partial charge in [0.05, 0.1) is 0 Å². The average Bonchev–Trinajstić information content (AvgIpc) is 1.65. The molecule has 0 rings (SSSR count). The molecule has 1 unspecified atom stereocenters. The van der Waals surface area contributed by atoms with Crippen molar-refractivity contribution in [1.82, 2.24) is 0 Å². The van der Waals surface area contributed by atoms with Crippen LogP contribution in [0.2, 0.25) is 0 Å². The molecule has 0 aliphatic rings. The van der Waals surface area contributed by atoms with Crippen LogP contribution in [0.1, 0.15) is 6.92 Å². The van der Waals surface area contributed by atoms with Crippen LogP contribution in [-0.2, 0) is 0 Å². The minimum atomic E-state index is -1.19. The van der Waals surface area contributed by atoms with E-state index in [0.29, 0.717) is 0 Å². The van der Waals surface area contributed by atoms with Gasteiger partial charge in [-0.25, -0.2) is 13.2 Å². The molecule has 4 heteroatoms. The standard InChI is InChI=1S/C2H4ClF.C2H4F2/c1-2(3)4;3-1-2-4/h2H,1H3;1-2H2. The van der Waals surface area contributed by atoms with Gasteiger partial charge in [-0.2, -0.15) is 0 Å². The van der Waals surface area contributed by atoms with Crippen LogP contribution in [0.4, 0.5) is 13.2 Å². The van der Waals surface area contributed by atoms with E-state index in [1.165, 1.54) is 6.92 Å². The average molecular weight is 149 g/mol. The predicted octanol–water partition coefficient (Wildman–Crippen LogP) is 2.47. The molecule has 0 bridgehead atoms. The van der Waals surface area contributed by atoms with Gasteiger partial charge in [-0.05, 0) is 6.92 Å². The van der Waals surface area contributed by atoms with Crippen LogP contribution in [0.15, 0.2) is 0 Å². The van der Waals surface area contributed by atoms with E-state index in [1.54, 1.807) is 0 Å². The van der Waals surface area contributed by atoms with Gasteiger partial charge in [-0.15, -0.1) is 0 Å². The van der Waals surface area contributed by atoms with Crippen LogP contribution in [0.5, 0.6) is 0 Å². The van der Waals surface area contributed by atoms with E-state index >= 15 is 0 Å². The van der Waals surface area contributed by atoms with Crippen LogP contribution in [0.25, 0.3) is 0 Å². The minimum absolute atomic E-state index is 0.847. The highest BCUT2D eigenvalue weighted by atomic mass is 35.5. The van der Waals surface area contributed by atoms with Crippen molar-refractivity contribution < 1.29 is 13.2 Å². The first-order valence-corrected chi connectivity index (χ1v) is 2.48. The first-order valence-electron chi connectivity index (χ1n) is 2.05. The molecule has 0 saturated carbocycles. The molecule has 0 amide bonds. The third-order valence-corrected chi connectivity index (χ3v) is 0.0714. The number of alkyl halides is 4. The smallest absolute Gasteiger partial charge is 0.170 e. The topological polar surface area (TPSA) is 0 Å². The Kier molecular flexibility index (Phi) is 13.9. The highest BCUT2D eigenvalue weighted by Gasteiger charge is 1.77. The Bertz CT molecular complexity index is 27.7. The summed E-state index contributed by atoms with van der Waals surface area (Å²) < 4.78 is 31.5. The Morgan fingerprint density at radius 1 is 1.38 bits per heavy atom. The minimum Gasteiger partial charge on any atom is -0.248 e. The first-order chi connectivity index (χ1) is 3.65. The lowest BCUT2D eigenvalue weighted by molar-refractivity contribution is 0.380. The van der Waals surface area contributed by atoms with Gasteiger partial charge in [-0.3, -0.25) is 0 Å². The maximum absolute atomic E-state index is 10.8. The van der Waals surface area contributed by atoms with Gasteiger partial charge >= 0.3 is 0 Å². The Morgan fingerprint density at radius 2 is 1.50 bits per heavy atom. The maximum Gasteiger partial charge on any atom is 0.170 e. The summed E-state index contributed by atoms with van der Waals surface area (Å²) in [5.41, 5.74) is -1.19. The van der Waals surface area contributed by atoms with Crippen LogP contribution < -0.4 is 0 Å². The van der Waals surface area contributed by atoms with Gasteiger partial charge in [0.2, 0.25) is 0 Å². The second kappa shape index (κ2) is 10.1. The van der Waals surface area contributed by atoms with Gasteiger partial charge in [0.25, 0.3) is 0 Å². The second-order valence-corrected chi connectivity index (χ2v) is 1.50. The predicted molar refractivity (Wildman–Crippen MR) is 28.4 cm³/mol. The molecule has 52 valence electrons. The van der Waals surface area contributed by atoms with Gasteiger partial charge in [0, 0.05) is 0 Å². The summed E-state index contributed by atoms with van der Waals surface area (Å²) in [6.45, 7) is -0.429. The summed E-state index contributed by atoms with van der Waals surface area (Å²) in [4.78, 5) is 0. The Labute approximate surface area is 51.6 Å². The number of hydrogen-bond acceptors (Lipinski definition) is 0. The summed E-state index contributed by atoms with van der Waals surface area (Å²) in [5, 5.41) is 0. The van der Waals surface area contributed by atoms with E-state index in [-0.39, 0.29) is 0 Å². The highest BCUT2D eigenvalue weighted by molar-refractivity contribution is 6.19. The number of halogens is 4. The van der Waals surface area contributed by atoms with E-state index in [9.17, 15) is 13.2 Å². The lowest BCUT2D eigenvalue weighted by Crippen LogP contribution is -1.68. The molecular formula is C4H8ClF3. The monoisotopic (exact) mass is 148 g/mol. The molecule has 0 aromatic heterocycles. The molecule has 0 saturated heterocycles. The third kappa shape index (κ3) is 135. The fourth-order valence-corrected chi connectivity index (χ4v) is 0. The second-order valence-electron chi connectivity index (χ2n) is 0.897. The normalized spacial score (nSPS) is 11.6. The number of rotatable bonds is 1. The van der Waals surface area contributed by atoms with E-state index in [1.807, 2.05) is 0 Å². The zero-order valence-electron chi connectivity index (χ0n) is 4.50. The van der Waals surface area contributed by atoms with Crippen molar-refractivity contribution in [2.75, 3.05) is 13.3 Å². The largest absolute Gasteiger partial charge is 0.248 e. The Hall–Kier alpha value is 0.0800. The fraction of sp³-hybridized carbons (Fsp3) is 1.00. The molecule has 0 spiro atoms. The maximum atomic E-state index is 10.8. The van der Waals surface area contributed by atoms with Gasteiger partial charge in [0.1, 0.15) is 13.3 Å². The molecule has 0 aromatic carbocycles. The van der Waals surface area contributed by atoms with Crippen molar-refractivity contribution in [3.05, 3.63) is 0 Å². The van der Waals surface area contributed by atoms with E-state index in [0.717, 1.165) is 0 Å². The highest BCUT2D eigenvalue weighted by Crippen LogP contribution is 1.89. The Morgan fingerprint density at radius 3 is 1.50 bits per heavy atom. The molecule has 0 aliphatic heterocycles. The SMILES string of the molecule is CC(F)Cl.FCCF. The van der Waals surface area contributed by atoms with Crippen molar-refractivity contribution in [1.29, 1.82) is 0 Å². The van der Waals surface area contributed by atoms with Gasteiger partial charge in [0.15, 0.2) is 5.63 Å². The van der Waals surface area contributed by atoms with Crippen molar-refractivity contribution in [2.24, 2.45) is 0 Å². The first kappa shape index (κ1) is 11.0. The molecule has 0 aliphatic carbocycles. The zero-order valence-corrected chi connectivity index (χ0v) is 5.26. The van der Waals surface area contributed by atoms with Crippen molar-refractivity contribution in [3.8, 4) is 0 Å². The zero-order chi connectivity index (χ0) is 6.99. The summed E-state index contributed by atoms with van der Waals surface area (Å²) in [7, 11) is 0. The Balaban J connectivity index is 0. The summed E-state index contributed by atoms with van der Waals surface area (Å²) in [6, 6.07) is 0. The molecule has 0 aromatic rings. The lowest BCUT2D eigenvalue weighted by Gasteiger charge is -1.71. The van der Waals surface area contributed by atoms with Crippen molar-refractivity contribution >= 4 is 11.6 Å². The van der Waals surface area contributed by atoms with Gasteiger partial charge < -0.3 is 0 Å². The van der Waals surface area contributed by atoms with Crippen LogP contribution in [0, 0.1) is 0 Å². The van der Waals surface area contributed by atoms with Crippen molar-refractivity contribution in [3.63, 3.8) is 0 Å². The molecule has 1 atom stereocenters. The molecule has 0 nitrogen and oxygen atoms in total. The molecule has 0 heterocycles. The molecular weight excluding hydrogens is 140 g/mol. The molecule has 0 N–H and O–H groups in total. The van der Waals surface area contributed by atoms with E-state index in [4.69, 9.17) is 0 Å². The molecule has 0 fully saturated rings. The fourth-order valence-electron chi connectivity index (χ4n) is 0. The van der Waals surface area contributed by atoms with Crippen molar-refractivity contribution in [2.45, 2.75) is 12.6 Å². The van der Waals surface area contributed by atoms with E-state index in [2.05, 4.69) is 11.6 Å². The van der Waals surface area contributed by atoms with Crippen LogP contribution >= 0.6 is 11.6 Å².